The predicted octanol–water partition coefficient (Wildman–Crippen LogP) is 5.73. The second kappa shape index (κ2) is 9.39. The summed E-state index contributed by atoms with van der Waals surface area (Å²) in [6.07, 6.45) is 4.98. The SMILES string of the molecule is COc1ccc(C=CC2=NN(c3ccc(OC)cc3)C(c3ccc(OC)cc3)C2)cc1. The lowest BCUT2D eigenvalue weighted by molar-refractivity contribution is 0.414. The van der Waals surface area contributed by atoms with Gasteiger partial charge in [0.15, 0.2) is 0 Å². The summed E-state index contributed by atoms with van der Waals surface area (Å²) in [6.45, 7) is 0. The molecule has 5 nitrogen and oxygen atoms in total. The number of nitrogens with zero attached hydrogens (tertiary/aromatic N) is 2. The first-order valence-electron chi connectivity index (χ1n) is 10.2. The van der Waals surface area contributed by atoms with E-state index in [-0.39, 0.29) is 6.04 Å². The smallest absolute Gasteiger partial charge is 0.119 e. The van der Waals surface area contributed by atoms with Crippen LogP contribution in [0.4, 0.5) is 5.69 Å². The Labute approximate surface area is 183 Å². The van der Waals surface area contributed by atoms with E-state index in [2.05, 4.69) is 29.3 Å². The predicted molar refractivity (Wildman–Crippen MR) is 125 cm³/mol. The fraction of sp³-hybridized carbons (Fsp3) is 0.192. The van der Waals surface area contributed by atoms with Gasteiger partial charge in [0.2, 0.25) is 0 Å². The van der Waals surface area contributed by atoms with E-state index in [0.29, 0.717) is 0 Å². The van der Waals surface area contributed by atoms with Crippen molar-refractivity contribution in [1.29, 1.82) is 0 Å². The third kappa shape index (κ3) is 4.72. The van der Waals surface area contributed by atoms with Gasteiger partial charge in [-0.2, -0.15) is 5.10 Å². The quantitative estimate of drug-likeness (QED) is 0.495. The second-order valence-electron chi connectivity index (χ2n) is 7.23. The van der Waals surface area contributed by atoms with E-state index in [0.717, 1.165) is 40.6 Å². The van der Waals surface area contributed by atoms with Crippen LogP contribution in [0, 0.1) is 0 Å². The Bertz CT molecular complexity index is 1060. The third-order valence-corrected chi connectivity index (χ3v) is 5.36. The van der Waals surface area contributed by atoms with Gasteiger partial charge in [-0.3, -0.25) is 5.01 Å². The van der Waals surface area contributed by atoms with Crippen molar-refractivity contribution in [2.24, 2.45) is 5.10 Å². The first-order chi connectivity index (χ1) is 15.2. The van der Waals surface area contributed by atoms with Gasteiger partial charge in [-0.05, 0) is 65.7 Å². The molecule has 0 fully saturated rings. The largest absolute Gasteiger partial charge is 0.497 e. The topological polar surface area (TPSA) is 43.3 Å². The van der Waals surface area contributed by atoms with E-state index in [4.69, 9.17) is 19.3 Å². The number of allylic oxidation sites excluding steroid dienone is 1. The molecule has 0 bridgehead atoms. The number of anilines is 1. The van der Waals surface area contributed by atoms with Crippen molar-refractivity contribution >= 4 is 17.5 Å². The van der Waals surface area contributed by atoms with Crippen LogP contribution >= 0.6 is 0 Å². The summed E-state index contributed by atoms with van der Waals surface area (Å²) in [7, 11) is 5.02. The van der Waals surface area contributed by atoms with Crippen LogP contribution < -0.4 is 19.2 Å². The maximum absolute atomic E-state index is 5.32. The van der Waals surface area contributed by atoms with E-state index in [1.165, 1.54) is 5.56 Å². The Morgan fingerprint density at radius 2 is 1.23 bits per heavy atom. The Kier molecular flexibility index (Phi) is 6.22. The maximum Gasteiger partial charge on any atom is 0.119 e. The van der Waals surface area contributed by atoms with Gasteiger partial charge in [0.1, 0.15) is 17.2 Å². The summed E-state index contributed by atoms with van der Waals surface area (Å²) in [5.74, 6) is 2.52. The maximum atomic E-state index is 5.32. The number of methoxy groups -OCH3 is 3. The molecule has 0 aromatic heterocycles. The van der Waals surface area contributed by atoms with Crippen LogP contribution in [-0.4, -0.2) is 27.0 Å². The molecule has 0 N–H and O–H groups in total. The zero-order valence-electron chi connectivity index (χ0n) is 18.0. The molecule has 0 amide bonds. The van der Waals surface area contributed by atoms with Gasteiger partial charge >= 0.3 is 0 Å². The van der Waals surface area contributed by atoms with E-state index < -0.39 is 0 Å². The molecule has 5 heteroatoms. The first-order valence-corrected chi connectivity index (χ1v) is 10.2. The molecule has 158 valence electrons. The highest BCUT2D eigenvalue weighted by Crippen LogP contribution is 2.36. The number of hydrazone groups is 1. The Balaban J connectivity index is 1.61. The second-order valence-corrected chi connectivity index (χ2v) is 7.23. The molecule has 0 aliphatic carbocycles. The normalized spacial score (nSPS) is 15.8. The highest BCUT2D eigenvalue weighted by Gasteiger charge is 2.28. The van der Waals surface area contributed by atoms with Crippen LogP contribution in [-0.2, 0) is 0 Å². The van der Waals surface area contributed by atoms with Gasteiger partial charge in [0.05, 0.1) is 38.8 Å². The van der Waals surface area contributed by atoms with Crippen molar-refractivity contribution in [1.82, 2.24) is 0 Å². The van der Waals surface area contributed by atoms with Gasteiger partial charge in [0.25, 0.3) is 0 Å². The minimum atomic E-state index is 0.106. The molecule has 31 heavy (non-hydrogen) atoms. The van der Waals surface area contributed by atoms with Crippen LogP contribution in [0.3, 0.4) is 0 Å². The fourth-order valence-electron chi connectivity index (χ4n) is 3.60. The minimum absolute atomic E-state index is 0.106. The van der Waals surface area contributed by atoms with E-state index in [1.54, 1.807) is 21.3 Å². The highest BCUT2D eigenvalue weighted by atomic mass is 16.5. The van der Waals surface area contributed by atoms with Gasteiger partial charge in [-0.15, -0.1) is 0 Å². The molecule has 1 aliphatic rings. The van der Waals surface area contributed by atoms with Crippen molar-refractivity contribution in [2.75, 3.05) is 26.3 Å². The Hall–Kier alpha value is -3.73. The summed E-state index contributed by atoms with van der Waals surface area (Å²) in [4.78, 5) is 0. The first kappa shape index (κ1) is 20.5. The number of benzene rings is 3. The molecule has 0 radical (unpaired) electrons. The lowest BCUT2D eigenvalue weighted by Crippen LogP contribution is -2.18. The lowest BCUT2D eigenvalue weighted by atomic mass is 10.0. The number of hydrogen-bond donors (Lipinski definition) is 0. The van der Waals surface area contributed by atoms with Crippen molar-refractivity contribution < 1.29 is 14.2 Å². The molecule has 0 spiro atoms. The third-order valence-electron chi connectivity index (χ3n) is 5.36. The Morgan fingerprint density at radius 3 is 1.77 bits per heavy atom. The summed E-state index contributed by atoms with van der Waals surface area (Å²) in [6, 6.07) is 24.3. The number of ether oxygens (including phenoxy) is 3. The van der Waals surface area contributed by atoms with Gasteiger partial charge in [0, 0.05) is 6.42 Å². The molecule has 0 saturated heterocycles. The average molecular weight is 415 g/mol. The molecule has 1 aliphatic heterocycles. The average Bonchev–Trinajstić information content (AvgIpc) is 3.27. The van der Waals surface area contributed by atoms with Crippen LogP contribution in [0.25, 0.3) is 6.08 Å². The molecule has 4 rings (SSSR count). The van der Waals surface area contributed by atoms with Crippen LogP contribution in [0.15, 0.2) is 84.0 Å². The van der Waals surface area contributed by atoms with Crippen LogP contribution in [0.2, 0.25) is 0 Å². The molecule has 1 heterocycles. The van der Waals surface area contributed by atoms with Gasteiger partial charge in [-0.25, -0.2) is 0 Å². The van der Waals surface area contributed by atoms with Crippen molar-refractivity contribution in [3.05, 3.63) is 90.0 Å². The van der Waals surface area contributed by atoms with Crippen molar-refractivity contribution in [3.8, 4) is 17.2 Å². The molecule has 1 unspecified atom stereocenters. The summed E-state index contributed by atoms with van der Waals surface area (Å²) >= 11 is 0. The molecular weight excluding hydrogens is 388 g/mol. The minimum Gasteiger partial charge on any atom is -0.497 e. The Morgan fingerprint density at radius 1 is 0.710 bits per heavy atom. The fourth-order valence-corrected chi connectivity index (χ4v) is 3.60. The summed E-state index contributed by atoms with van der Waals surface area (Å²) in [5, 5.41) is 7.01. The van der Waals surface area contributed by atoms with Crippen molar-refractivity contribution in [2.45, 2.75) is 12.5 Å². The molecule has 1 atom stereocenters. The highest BCUT2D eigenvalue weighted by molar-refractivity contribution is 6.01. The molecular formula is C26H26N2O3. The van der Waals surface area contributed by atoms with E-state index in [1.807, 2.05) is 60.7 Å². The molecule has 3 aromatic rings. The van der Waals surface area contributed by atoms with Crippen molar-refractivity contribution in [3.63, 3.8) is 0 Å². The molecule has 3 aromatic carbocycles. The standard InChI is InChI=1S/C26H26N2O3/c1-29-23-12-5-19(6-13-23)4-9-21-18-26(20-7-14-24(30-2)15-8-20)28(27-21)22-10-16-25(31-3)17-11-22/h4-17,26H,18H2,1-3H3. The summed E-state index contributed by atoms with van der Waals surface area (Å²) in [5.41, 5.74) is 4.34. The van der Waals surface area contributed by atoms with E-state index >= 15 is 0 Å². The molecule has 0 saturated carbocycles. The van der Waals surface area contributed by atoms with Crippen LogP contribution in [0.1, 0.15) is 23.6 Å². The summed E-state index contributed by atoms with van der Waals surface area (Å²) < 4.78 is 15.9. The van der Waals surface area contributed by atoms with E-state index in [9.17, 15) is 0 Å². The number of hydrogen-bond acceptors (Lipinski definition) is 5. The monoisotopic (exact) mass is 414 g/mol. The van der Waals surface area contributed by atoms with Gasteiger partial charge < -0.3 is 14.2 Å². The zero-order valence-corrected chi connectivity index (χ0v) is 18.0. The lowest BCUT2D eigenvalue weighted by Gasteiger charge is -2.24. The van der Waals surface area contributed by atoms with Gasteiger partial charge in [-0.1, -0.05) is 30.3 Å². The number of rotatable bonds is 7. The zero-order chi connectivity index (χ0) is 21.6. The van der Waals surface area contributed by atoms with Crippen LogP contribution in [0.5, 0.6) is 17.2 Å².